The number of hydrogen-bond acceptors (Lipinski definition) is 5. The number of benzene rings is 2. The Morgan fingerprint density at radius 1 is 1.03 bits per heavy atom. The van der Waals surface area contributed by atoms with Crippen LogP contribution in [0.1, 0.15) is 48.4 Å². The van der Waals surface area contributed by atoms with Gasteiger partial charge in [-0.3, -0.25) is 4.79 Å². The maximum atomic E-state index is 12.0. The summed E-state index contributed by atoms with van der Waals surface area (Å²) < 4.78 is 16.8. The Morgan fingerprint density at radius 2 is 1.83 bits per heavy atom. The van der Waals surface area contributed by atoms with Crippen molar-refractivity contribution in [2.45, 2.75) is 47.0 Å². The smallest absolute Gasteiger partial charge is 0.277 e. The van der Waals surface area contributed by atoms with Crippen molar-refractivity contribution >= 4 is 12.1 Å². The lowest BCUT2D eigenvalue weighted by Crippen LogP contribution is -2.24. The lowest BCUT2D eigenvalue weighted by Gasteiger charge is -2.12. The van der Waals surface area contributed by atoms with Crippen LogP contribution in [0.3, 0.4) is 0 Å². The highest BCUT2D eigenvalue weighted by molar-refractivity contribution is 5.83. The SMILES string of the molecule is CCCCCOc1ccc(/C=N/NC(=O)COc2cc(C)cc(C)c2C)cc1OC. The Kier molecular flexibility index (Phi) is 9.19. The van der Waals surface area contributed by atoms with E-state index >= 15 is 0 Å². The molecule has 6 nitrogen and oxygen atoms in total. The van der Waals surface area contributed by atoms with Crippen molar-refractivity contribution in [3.8, 4) is 17.2 Å². The Labute approximate surface area is 179 Å². The fourth-order valence-electron chi connectivity index (χ4n) is 2.92. The van der Waals surface area contributed by atoms with Gasteiger partial charge < -0.3 is 14.2 Å². The maximum absolute atomic E-state index is 12.0. The van der Waals surface area contributed by atoms with Crippen LogP contribution in [0, 0.1) is 20.8 Å². The fourth-order valence-corrected chi connectivity index (χ4v) is 2.92. The van der Waals surface area contributed by atoms with Crippen LogP contribution in [0.15, 0.2) is 35.4 Å². The summed E-state index contributed by atoms with van der Waals surface area (Å²) in [5.74, 6) is 1.72. The summed E-state index contributed by atoms with van der Waals surface area (Å²) in [5.41, 5.74) is 6.53. The number of nitrogens with one attached hydrogen (secondary N) is 1. The number of nitrogens with zero attached hydrogens (tertiary/aromatic N) is 1. The van der Waals surface area contributed by atoms with Crippen LogP contribution in [-0.2, 0) is 4.79 Å². The largest absolute Gasteiger partial charge is 0.493 e. The van der Waals surface area contributed by atoms with E-state index in [0.29, 0.717) is 23.9 Å². The van der Waals surface area contributed by atoms with Crippen LogP contribution in [0.25, 0.3) is 0 Å². The van der Waals surface area contributed by atoms with Gasteiger partial charge in [-0.25, -0.2) is 5.43 Å². The summed E-state index contributed by atoms with van der Waals surface area (Å²) in [6, 6.07) is 9.54. The molecule has 162 valence electrons. The van der Waals surface area contributed by atoms with Crippen LogP contribution in [0.5, 0.6) is 17.2 Å². The third-order valence-corrected chi connectivity index (χ3v) is 4.72. The topological polar surface area (TPSA) is 69.2 Å². The zero-order valence-corrected chi connectivity index (χ0v) is 18.6. The van der Waals surface area contributed by atoms with Crippen molar-refractivity contribution < 1.29 is 19.0 Å². The van der Waals surface area contributed by atoms with E-state index in [2.05, 4.69) is 23.5 Å². The number of carbonyl (C=O) groups is 1. The number of methoxy groups -OCH3 is 1. The Hall–Kier alpha value is -3.02. The molecule has 1 amide bonds. The van der Waals surface area contributed by atoms with Gasteiger partial charge in [0.15, 0.2) is 18.1 Å². The molecule has 2 aromatic rings. The summed E-state index contributed by atoms with van der Waals surface area (Å²) in [6.45, 7) is 8.71. The van der Waals surface area contributed by atoms with Gasteiger partial charge in [-0.1, -0.05) is 25.8 Å². The first-order valence-electron chi connectivity index (χ1n) is 10.3. The van der Waals surface area contributed by atoms with Gasteiger partial charge in [0.05, 0.1) is 19.9 Å². The van der Waals surface area contributed by atoms with E-state index in [1.807, 2.05) is 45.0 Å². The van der Waals surface area contributed by atoms with Crippen LogP contribution in [0.2, 0.25) is 0 Å². The molecule has 0 aliphatic rings. The molecule has 0 fully saturated rings. The molecular formula is C24H32N2O4. The first-order valence-corrected chi connectivity index (χ1v) is 10.3. The molecule has 0 atom stereocenters. The minimum absolute atomic E-state index is 0.102. The highest BCUT2D eigenvalue weighted by Crippen LogP contribution is 2.28. The van der Waals surface area contributed by atoms with Gasteiger partial charge in [0.2, 0.25) is 0 Å². The van der Waals surface area contributed by atoms with Gasteiger partial charge >= 0.3 is 0 Å². The molecule has 0 bridgehead atoms. The minimum Gasteiger partial charge on any atom is -0.493 e. The molecule has 0 aliphatic heterocycles. The van der Waals surface area contributed by atoms with Gasteiger partial charge in [-0.15, -0.1) is 0 Å². The standard InChI is InChI=1S/C24H32N2O4/c1-6-7-8-11-29-21-10-9-20(14-23(21)28-5)15-25-26-24(27)16-30-22-13-17(2)12-18(3)19(22)4/h9-10,12-15H,6-8,11,16H2,1-5H3,(H,26,27)/b25-15+. The van der Waals surface area contributed by atoms with Crippen LogP contribution < -0.4 is 19.6 Å². The summed E-state index contributed by atoms with van der Waals surface area (Å²) in [5, 5.41) is 4.00. The number of carbonyl (C=O) groups excluding carboxylic acids is 1. The van der Waals surface area contributed by atoms with Crippen LogP contribution in [-0.4, -0.2) is 32.4 Å². The molecule has 30 heavy (non-hydrogen) atoms. The third kappa shape index (κ3) is 7.10. The van der Waals surface area contributed by atoms with Gasteiger partial charge in [-0.2, -0.15) is 5.10 Å². The quantitative estimate of drug-likeness (QED) is 0.329. The van der Waals surface area contributed by atoms with Crippen molar-refractivity contribution in [1.29, 1.82) is 0 Å². The van der Waals surface area contributed by atoms with E-state index in [-0.39, 0.29) is 12.5 Å². The Morgan fingerprint density at radius 3 is 2.57 bits per heavy atom. The zero-order chi connectivity index (χ0) is 21.9. The normalized spacial score (nSPS) is 10.8. The van der Waals surface area contributed by atoms with E-state index < -0.39 is 0 Å². The summed E-state index contributed by atoms with van der Waals surface area (Å²) in [6.07, 6.45) is 4.86. The predicted molar refractivity (Wildman–Crippen MR) is 120 cm³/mol. The van der Waals surface area contributed by atoms with Crippen molar-refractivity contribution in [3.05, 3.63) is 52.6 Å². The Bertz CT molecular complexity index is 878. The number of unbranched alkanes of at least 4 members (excludes halogenated alkanes) is 2. The molecule has 6 heteroatoms. The minimum atomic E-state index is -0.326. The number of ether oxygens (including phenoxy) is 3. The Balaban J connectivity index is 1.87. The number of amides is 1. The van der Waals surface area contributed by atoms with Crippen LogP contribution in [0.4, 0.5) is 0 Å². The van der Waals surface area contributed by atoms with E-state index in [1.54, 1.807) is 13.3 Å². The molecule has 0 aromatic heterocycles. The van der Waals surface area contributed by atoms with E-state index in [1.165, 1.54) is 0 Å². The lowest BCUT2D eigenvalue weighted by molar-refractivity contribution is -0.123. The van der Waals surface area contributed by atoms with Crippen molar-refractivity contribution in [2.24, 2.45) is 5.10 Å². The third-order valence-electron chi connectivity index (χ3n) is 4.72. The summed E-state index contributed by atoms with van der Waals surface area (Å²) in [4.78, 5) is 12.0. The van der Waals surface area contributed by atoms with E-state index in [9.17, 15) is 4.79 Å². The molecule has 0 aliphatic carbocycles. The van der Waals surface area contributed by atoms with E-state index in [0.717, 1.165) is 41.5 Å². The average molecular weight is 413 g/mol. The molecule has 0 spiro atoms. The molecule has 0 saturated heterocycles. The van der Waals surface area contributed by atoms with Gasteiger partial charge in [0.25, 0.3) is 5.91 Å². The first-order chi connectivity index (χ1) is 14.4. The monoisotopic (exact) mass is 412 g/mol. The predicted octanol–water partition coefficient (Wildman–Crippen LogP) is 4.72. The zero-order valence-electron chi connectivity index (χ0n) is 18.6. The number of rotatable bonds is 11. The molecule has 0 radical (unpaired) electrons. The molecule has 0 unspecified atom stereocenters. The molecule has 2 aromatic carbocycles. The van der Waals surface area contributed by atoms with Gasteiger partial charge in [0.1, 0.15) is 5.75 Å². The molecule has 2 rings (SSSR count). The van der Waals surface area contributed by atoms with Crippen molar-refractivity contribution in [2.75, 3.05) is 20.3 Å². The number of hydrogen-bond donors (Lipinski definition) is 1. The highest BCUT2D eigenvalue weighted by atomic mass is 16.5. The summed E-state index contributed by atoms with van der Waals surface area (Å²) in [7, 11) is 1.60. The fraction of sp³-hybridized carbons (Fsp3) is 0.417. The first kappa shape index (κ1) is 23.3. The highest BCUT2D eigenvalue weighted by Gasteiger charge is 2.08. The van der Waals surface area contributed by atoms with Crippen LogP contribution >= 0.6 is 0 Å². The number of aryl methyl sites for hydroxylation is 2. The molecule has 1 N–H and O–H groups in total. The lowest BCUT2D eigenvalue weighted by atomic mass is 10.1. The maximum Gasteiger partial charge on any atom is 0.277 e. The van der Waals surface area contributed by atoms with Gasteiger partial charge in [-0.05, 0) is 73.7 Å². The summed E-state index contributed by atoms with van der Waals surface area (Å²) >= 11 is 0. The number of hydrazone groups is 1. The molecule has 0 heterocycles. The molecule has 0 saturated carbocycles. The second kappa shape index (κ2) is 11.9. The average Bonchev–Trinajstić information content (AvgIpc) is 2.73. The van der Waals surface area contributed by atoms with Crippen molar-refractivity contribution in [1.82, 2.24) is 5.43 Å². The molecular weight excluding hydrogens is 380 g/mol. The van der Waals surface area contributed by atoms with Crippen molar-refractivity contribution in [3.63, 3.8) is 0 Å². The van der Waals surface area contributed by atoms with Gasteiger partial charge in [0, 0.05) is 0 Å². The second-order valence-corrected chi connectivity index (χ2v) is 7.25. The second-order valence-electron chi connectivity index (χ2n) is 7.25. The van der Waals surface area contributed by atoms with E-state index in [4.69, 9.17) is 14.2 Å².